The number of hydrogen-bond donors (Lipinski definition) is 5. The minimum atomic E-state index is -0.750. The van der Waals surface area contributed by atoms with Crippen molar-refractivity contribution in [2.24, 2.45) is 0 Å². The molecule has 5 nitrogen and oxygen atoms in total. The van der Waals surface area contributed by atoms with Gasteiger partial charge in [0.1, 0.15) is 17.2 Å². The first kappa shape index (κ1) is 15.6. The molecule has 0 aromatic heterocycles. The lowest BCUT2D eigenvalue weighted by molar-refractivity contribution is 0.447. The number of aromatic hydroxyl groups is 3. The molecule has 20 heavy (non-hydrogen) atoms. The lowest BCUT2D eigenvalue weighted by atomic mass is 10.1. The van der Waals surface area contributed by atoms with Crippen molar-refractivity contribution in [3.05, 3.63) is 53.6 Å². The first-order valence-electron chi connectivity index (χ1n) is 5.77. The molecule has 2 rings (SSSR count). The fourth-order valence-corrected chi connectivity index (χ4v) is 1.49. The molecule has 0 atom stereocenters. The molecule has 0 amide bonds. The fourth-order valence-electron chi connectivity index (χ4n) is 1.49. The van der Waals surface area contributed by atoms with E-state index in [1.165, 1.54) is 6.07 Å². The summed E-state index contributed by atoms with van der Waals surface area (Å²) in [6.07, 6.45) is 3.60. The average molecular weight is 274 g/mol. The van der Waals surface area contributed by atoms with Gasteiger partial charge in [-0.25, -0.2) is 0 Å². The molecule has 5 N–H and O–H groups in total. The fraction of sp³-hybridized carbons (Fsp3) is 0. The average Bonchev–Trinajstić information content (AvgIpc) is 2.38. The summed E-state index contributed by atoms with van der Waals surface area (Å²) in [4.78, 5) is 0. The summed E-state index contributed by atoms with van der Waals surface area (Å²) in [6, 6.07) is 11.1. The largest absolute Gasteiger partial charge is 0.508 e. The molecule has 0 saturated carbocycles. The van der Waals surface area contributed by atoms with Crippen LogP contribution in [-0.2, 0) is 0 Å². The van der Waals surface area contributed by atoms with E-state index in [1.807, 2.05) is 6.08 Å². The van der Waals surface area contributed by atoms with Crippen molar-refractivity contribution < 1.29 is 25.4 Å². The Morgan fingerprint density at radius 1 is 0.650 bits per heavy atom. The summed E-state index contributed by atoms with van der Waals surface area (Å²) in [6.45, 7) is 0. The molecule has 0 fully saturated rings. The van der Waals surface area contributed by atoms with E-state index in [-0.39, 0.29) is 17.2 Å². The first-order chi connectivity index (χ1) is 9.55. The number of phenols is 3. The topological polar surface area (TPSA) is 101 Å². The predicted molar refractivity (Wildman–Crippen MR) is 78.4 cm³/mol. The summed E-state index contributed by atoms with van der Waals surface area (Å²) in [5.41, 5.74) is 1.63. The Hall–Kier alpha value is -2.44. The van der Waals surface area contributed by atoms with E-state index in [1.54, 1.807) is 42.5 Å². The van der Waals surface area contributed by atoms with E-state index in [0.29, 0.717) is 5.56 Å². The van der Waals surface area contributed by atoms with Crippen LogP contribution in [0.1, 0.15) is 11.1 Å². The van der Waals surface area contributed by atoms with Gasteiger partial charge in [0.2, 0.25) is 0 Å². The van der Waals surface area contributed by atoms with Gasteiger partial charge >= 0.3 is 7.69 Å². The Bertz CT molecular complexity index is 546. The lowest BCUT2D eigenvalue weighted by Crippen LogP contribution is -1.75. The molecular formula is C14H15BO5. The van der Waals surface area contributed by atoms with Crippen molar-refractivity contribution in [2.45, 2.75) is 0 Å². The predicted octanol–water partition coefficient (Wildman–Crippen LogP) is 1.21. The van der Waals surface area contributed by atoms with Crippen molar-refractivity contribution in [3.63, 3.8) is 0 Å². The normalized spacial score (nSPS) is 9.90. The molecule has 0 aliphatic carbocycles. The van der Waals surface area contributed by atoms with Crippen LogP contribution in [0, 0.1) is 0 Å². The number of hydrogen-bond acceptors (Lipinski definition) is 5. The Morgan fingerprint density at radius 3 is 1.60 bits per heavy atom. The molecule has 0 unspecified atom stereocenters. The number of phenolic OH excluding ortho intramolecular Hbond substituents is 3. The van der Waals surface area contributed by atoms with Gasteiger partial charge in [-0.15, -0.1) is 0 Å². The van der Waals surface area contributed by atoms with Gasteiger partial charge in [0, 0.05) is 6.07 Å². The minimum absolute atomic E-state index is 0.0235. The summed E-state index contributed by atoms with van der Waals surface area (Å²) in [7, 11) is -0.750. The second-order valence-corrected chi connectivity index (χ2v) is 3.85. The zero-order valence-electron chi connectivity index (χ0n) is 10.6. The van der Waals surface area contributed by atoms with E-state index in [4.69, 9.17) is 15.2 Å². The van der Waals surface area contributed by atoms with E-state index in [9.17, 15) is 10.2 Å². The highest BCUT2D eigenvalue weighted by molar-refractivity contribution is 6.13. The smallest absolute Gasteiger partial charge is 0.432 e. The van der Waals surface area contributed by atoms with Crippen molar-refractivity contribution in [1.29, 1.82) is 0 Å². The maximum Gasteiger partial charge on any atom is 0.432 e. The van der Waals surface area contributed by atoms with Gasteiger partial charge in [0.15, 0.2) is 0 Å². The quantitative estimate of drug-likeness (QED) is 0.418. The van der Waals surface area contributed by atoms with Crippen LogP contribution in [0.15, 0.2) is 42.5 Å². The lowest BCUT2D eigenvalue weighted by Gasteiger charge is -1.98. The van der Waals surface area contributed by atoms with Gasteiger partial charge in [-0.3, -0.25) is 0 Å². The Labute approximate surface area is 117 Å². The van der Waals surface area contributed by atoms with E-state index < -0.39 is 7.69 Å². The zero-order chi connectivity index (χ0) is 15.0. The van der Waals surface area contributed by atoms with Crippen molar-refractivity contribution in [1.82, 2.24) is 0 Å². The van der Waals surface area contributed by atoms with Crippen LogP contribution in [0.25, 0.3) is 12.2 Å². The van der Waals surface area contributed by atoms with Crippen LogP contribution >= 0.6 is 0 Å². The maximum absolute atomic E-state index is 9.30. The second kappa shape index (κ2) is 7.88. The third-order valence-corrected chi connectivity index (χ3v) is 2.29. The van der Waals surface area contributed by atoms with Crippen molar-refractivity contribution in [3.8, 4) is 17.2 Å². The number of rotatable bonds is 2. The third kappa shape index (κ3) is 5.47. The van der Waals surface area contributed by atoms with Gasteiger partial charge in [0.05, 0.1) is 0 Å². The molecule has 0 aliphatic rings. The molecule has 0 saturated heterocycles. The molecule has 2 aromatic rings. The van der Waals surface area contributed by atoms with E-state index in [2.05, 4.69) is 0 Å². The molecule has 0 spiro atoms. The van der Waals surface area contributed by atoms with Gasteiger partial charge in [-0.05, 0) is 35.4 Å². The van der Waals surface area contributed by atoms with Crippen molar-refractivity contribution >= 4 is 19.8 Å². The van der Waals surface area contributed by atoms with Crippen LogP contribution in [-0.4, -0.2) is 33.1 Å². The first-order valence-corrected chi connectivity index (χ1v) is 5.77. The summed E-state index contributed by atoms with van der Waals surface area (Å²) in [5.74, 6) is 0.267. The van der Waals surface area contributed by atoms with Crippen LogP contribution in [0.5, 0.6) is 17.2 Å². The standard InChI is InChI=1S/C14H12O3.BH3O2/c15-12-5-3-10(4-6-12)1-2-11-7-13(16)9-14(17)8-11;2-1-3/h1-9,15-17H;1-3H/b2-1+;. The molecular weight excluding hydrogens is 259 g/mol. The van der Waals surface area contributed by atoms with Crippen LogP contribution < -0.4 is 0 Å². The maximum atomic E-state index is 9.30. The van der Waals surface area contributed by atoms with Crippen molar-refractivity contribution in [2.75, 3.05) is 0 Å². The highest BCUT2D eigenvalue weighted by Crippen LogP contribution is 2.22. The van der Waals surface area contributed by atoms with Gasteiger partial charge < -0.3 is 25.4 Å². The monoisotopic (exact) mass is 274 g/mol. The zero-order valence-corrected chi connectivity index (χ0v) is 10.6. The molecule has 2 aromatic carbocycles. The van der Waals surface area contributed by atoms with E-state index in [0.717, 1.165) is 5.56 Å². The Morgan fingerprint density at radius 2 is 1.10 bits per heavy atom. The second-order valence-electron chi connectivity index (χ2n) is 3.85. The van der Waals surface area contributed by atoms with Crippen LogP contribution in [0.2, 0.25) is 0 Å². The van der Waals surface area contributed by atoms with E-state index >= 15 is 0 Å². The molecule has 0 radical (unpaired) electrons. The molecule has 6 heteroatoms. The van der Waals surface area contributed by atoms with Gasteiger partial charge in [-0.2, -0.15) is 0 Å². The van der Waals surface area contributed by atoms with Crippen LogP contribution in [0.4, 0.5) is 0 Å². The van der Waals surface area contributed by atoms with Gasteiger partial charge in [-0.1, -0.05) is 24.3 Å². The molecule has 104 valence electrons. The van der Waals surface area contributed by atoms with Crippen LogP contribution in [0.3, 0.4) is 0 Å². The highest BCUT2D eigenvalue weighted by Gasteiger charge is 1.95. The highest BCUT2D eigenvalue weighted by atomic mass is 16.4. The summed E-state index contributed by atoms with van der Waals surface area (Å²) >= 11 is 0. The molecule has 0 bridgehead atoms. The Balaban J connectivity index is 0.000000612. The summed E-state index contributed by atoms with van der Waals surface area (Å²) in [5, 5.41) is 42.0. The third-order valence-electron chi connectivity index (χ3n) is 2.29. The number of benzene rings is 2. The molecule has 0 aliphatic heterocycles. The van der Waals surface area contributed by atoms with Gasteiger partial charge in [0.25, 0.3) is 0 Å². The minimum Gasteiger partial charge on any atom is -0.508 e. The SMILES string of the molecule is OBO.Oc1ccc(/C=C/c2cc(O)cc(O)c2)cc1. The Kier molecular flexibility index (Phi) is 6.16. The molecule has 0 heterocycles. The summed E-state index contributed by atoms with van der Waals surface area (Å²) < 4.78 is 0.